The van der Waals surface area contributed by atoms with Crippen LogP contribution in [-0.2, 0) is 7.05 Å². The highest BCUT2D eigenvalue weighted by Crippen LogP contribution is 2.36. The lowest BCUT2D eigenvalue weighted by Gasteiger charge is -2.39. The van der Waals surface area contributed by atoms with Crippen molar-refractivity contribution in [3.63, 3.8) is 0 Å². The molecular formula is C27H20ClF6N5O4. The van der Waals surface area contributed by atoms with E-state index in [-0.39, 0.29) is 33.7 Å². The molecule has 1 N–H and O–H groups in total. The Kier molecular flexibility index (Phi) is 7.77. The number of methoxy groups -OCH3 is 1. The van der Waals surface area contributed by atoms with E-state index in [1.165, 1.54) is 31.2 Å². The van der Waals surface area contributed by atoms with Gasteiger partial charge in [-0.1, -0.05) is 11.6 Å². The Hall–Kier alpha value is -4.66. The third-order valence-corrected chi connectivity index (χ3v) is 6.81. The lowest BCUT2D eigenvalue weighted by Crippen LogP contribution is -2.56. The molecular weight excluding hydrogens is 608 g/mol. The van der Waals surface area contributed by atoms with E-state index >= 15 is 8.78 Å². The Bertz CT molecular complexity index is 1750. The molecule has 1 aliphatic rings. The summed E-state index contributed by atoms with van der Waals surface area (Å²) in [5.74, 6) is -6.79. The second kappa shape index (κ2) is 11.2. The van der Waals surface area contributed by atoms with Gasteiger partial charge in [0.2, 0.25) is 0 Å². The minimum Gasteiger partial charge on any atom is -0.497 e. The molecule has 1 saturated heterocycles. The number of halogens is 7. The SMILES string of the molecule is COc1cc(F)c(-c2c(NC(=O)c3ccc(OC(F)F)cc3)c(=O)n(-c3nc(N4CC(F)(F)C4)ccc3Cl)n2C)c(F)c1. The first-order valence-corrected chi connectivity index (χ1v) is 12.7. The van der Waals surface area contributed by atoms with Crippen molar-refractivity contribution >= 4 is 29.0 Å². The monoisotopic (exact) mass is 627 g/mol. The Labute approximate surface area is 243 Å². The molecule has 0 atom stereocenters. The maximum absolute atomic E-state index is 15.3. The van der Waals surface area contributed by atoms with Crippen LogP contribution in [0.2, 0.25) is 5.02 Å². The van der Waals surface area contributed by atoms with Gasteiger partial charge >= 0.3 is 6.61 Å². The van der Waals surface area contributed by atoms with Crippen molar-refractivity contribution in [2.24, 2.45) is 7.05 Å². The largest absolute Gasteiger partial charge is 0.497 e. The van der Waals surface area contributed by atoms with Gasteiger partial charge in [0.15, 0.2) is 5.82 Å². The van der Waals surface area contributed by atoms with Crippen LogP contribution in [-0.4, -0.2) is 53.0 Å². The molecule has 4 aromatic rings. The van der Waals surface area contributed by atoms with Crippen LogP contribution < -0.4 is 25.2 Å². The number of pyridine rings is 1. The number of rotatable bonds is 8. The van der Waals surface area contributed by atoms with Crippen molar-refractivity contribution in [2.45, 2.75) is 12.5 Å². The summed E-state index contributed by atoms with van der Waals surface area (Å²) in [5, 5.41) is 2.21. The van der Waals surface area contributed by atoms with E-state index in [0.717, 1.165) is 45.8 Å². The molecule has 3 heterocycles. The summed E-state index contributed by atoms with van der Waals surface area (Å²) in [4.78, 5) is 32.4. The molecule has 1 aliphatic heterocycles. The van der Waals surface area contributed by atoms with Crippen LogP contribution in [0.3, 0.4) is 0 Å². The number of hydrogen-bond acceptors (Lipinski definition) is 6. The summed E-state index contributed by atoms with van der Waals surface area (Å²) in [6.07, 6.45) is 0. The van der Waals surface area contributed by atoms with Gasteiger partial charge in [-0.25, -0.2) is 22.5 Å². The number of anilines is 2. The number of carbonyl (C=O) groups is 1. The summed E-state index contributed by atoms with van der Waals surface area (Å²) in [5.41, 5.74) is -2.90. The molecule has 0 saturated carbocycles. The Morgan fingerprint density at radius 2 is 1.67 bits per heavy atom. The predicted molar refractivity (Wildman–Crippen MR) is 144 cm³/mol. The minimum absolute atomic E-state index is 0.0541. The maximum atomic E-state index is 15.3. The predicted octanol–water partition coefficient (Wildman–Crippen LogP) is 5.49. The average molecular weight is 628 g/mol. The average Bonchev–Trinajstić information content (AvgIpc) is 3.16. The minimum atomic E-state index is -3.10. The number of carbonyl (C=O) groups excluding carboxylic acids is 1. The summed E-state index contributed by atoms with van der Waals surface area (Å²) in [7, 11) is 2.44. The van der Waals surface area contributed by atoms with Crippen LogP contribution in [0, 0.1) is 11.6 Å². The number of amides is 1. The van der Waals surface area contributed by atoms with Crippen LogP contribution in [0.4, 0.5) is 37.8 Å². The molecule has 0 bridgehead atoms. The summed E-state index contributed by atoms with van der Waals surface area (Å²) < 4.78 is 93.6. The fraction of sp³-hybridized carbons (Fsp3) is 0.222. The number of alkyl halides is 4. The van der Waals surface area contributed by atoms with Gasteiger partial charge in [-0.05, 0) is 36.4 Å². The number of benzene rings is 2. The number of hydrogen-bond donors (Lipinski definition) is 1. The van der Waals surface area contributed by atoms with Crippen molar-refractivity contribution < 1.29 is 40.6 Å². The molecule has 0 spiro atoms. The Morgan fingerprint density at radius 3 is 2.23 bits per heavy atom. The number of nitrogens with zero attached hydrogens (tertiary/aromatic N) is 4. The first-order chi connectivity index (χ1) is 20.3. The van der Waals surface area contributed by atoms with Crippen LogP contribution >= 0.6 is 11.6 Å². The van der Waals surface area contributed by atoms with Crippen LogP contribution in [0.5, 0.6) is 11.5 Å². The first-order valence-electron chi connectivity index (χ1n) is 12.3. The smallest absolute Gasteiger partial charge is 0.387 e. The van der Waals surface area contributed by atoms with Gasteiger partial charge < -0.3 is 19.7 Å². The van der Waals surface area contributed by atoms with Crippen LogP contribution in [0.1, 0.15) is 10.4 Å². The Balaban J connectivity index is 1.65. The van der Waals surface area contributed by atoms with E-state index in [0.29, 0.717) is 0 Å². The van der Waals surface area contributed by atoms with Gasteiger partial charge in [-0.3, -0.25) is 14.3 Å². The normalized spacial score (nSPS) is 14.0. The molecule has 2 aromatic heterocycles. The Morgan fingerprint density at radius 1 is 1.05 bits per heavy atom. The third kappa shape index (κ3) is 5.71. The second-order valence-electron chi connectivity index (χ2n) is 9.37. The van der Waals surface area contributed by atoms with Gasteiger partial charge in [0.1, 0.15) is 40.3 Å². The van der Waals surface area contributed by atoms with Gasteiger partial charge in [0, 0.05) is 24.7 Å². The maximum Gasteiger partial charge on any atom is 0.387 e. The van der Waals surface area contributed by atoms with Crippen molar-refractivity contribution in [1.29, 1.82) is 0 Å². The van der Waals surface area contributed by atoms with Crippen LogP contribution in [0.15, 0.2) is 53.3 Å². The van der Waals surface area contributed by atoms with E-state index in [2.05, 4.69) is 15.0 Å². The summed E-state index contributed by atoms with van der Waals surface area (Å²) >= 11 is 6.34. The molecule has 43 heavy (non-hydrogen) atoms. The van der Waals surface area contributed by atoms with E-state index in [1.807, 2.05) is 0 Å². The second-order valence-corrected chi connectivity index (χ2v) is 9.78. The third-order valence-electron chi connectivity index (χ3n) is 6.52. The molecule has 0 unspecified atom stereocenters. The number of nitrogens with one attached hydrogen (secondary N) is 1. The number of aromatic nitrogens is 3. The molecule has 0 radical (unpaired) electrons. The molecule has 1 fully saturated rings. The van der Waals surface area contributed by atoms with E-state index in [9.17, 15) is 27.2 Å². The molecule has 16 heteroatoms. The van der Waals surface area contributed by atoms with Crippen molar-refractivity contribution in [3.05, 3.63) is 81.1 Å². The highest BCUT2D eigenvalue weighted by molar-refractivity contribution is 6.32. The zero-order chi connectivity index (χ0) is 31.2. The first kappa shape index (κ1) is 29.8. The van der Waals surface area contributed by atoms with Gasteiger partial charge in [0.05, 0.1) is 30.8 Å². The quantitative estimate of drug-likeness (QED) is 0.260. The molecule has 9 nitrogen and oxygen atoms in total. The highest BCUT2D eigenvalue weighted by atomic mass is 35.5. The molecule has 0 aliphatic carbocycles. The topological polar surface area (TPSA) is 90.6 Å². The fourth-order valence-electron chi connectivity index (χ4n) is 4.53. The van der Waals surface area contributed by atoms with Gasteiger partial charge in [-0.2, -0.15) is 13.5 Å². The van der Waals surface area contributed by atoms with E-state index < -0.39 is 65.7 Å². The zero-order valence-corrected chi connectivity index (χ0v) is 22.9. The van der Waals surface area contributed by atoms with E-state index in [1.54, 1.807) is 0 Å². The number of ether oxygens (including phenoxy) is 2. The van der Waals surface area contributed by atoms with Gasteiger partial charge in [-0.15, -0.1) is 0 Å². The van der Waals surface area contributed by atoms with Crippen LogP contribution in [0.25, 0.3) is 17.1 Å². The van der Waals surface area contributed by atoms with Crippen molar-refractivity contribution in [2.75, 3.05) is 30.4 Å². The molecule has 5 rings (SSSR count). The van der Waals surface area contributed by atoms with Crippen molar-refractivity contribution in [3.8, 4) is 28.6 Å². The summed E-state index contributed by atoms with van der Waals surface area (Å²) in [6, 6.07) is 8.84. The lowest BCUT2D eigenvalue weighted by molar-refractivity contribution is -0.0498. The fourth-order valence-corrected chi connectivity index (χ4v) is 4.72. The molecule has 2 aromatic carbocycles. The van der Waals surface area contributed by atoms with Gasteiger partial charge in [0.25, 0.3) is 17.4 Å². The lowest BCUT2D eigenvalue weighted by atomic mass is 10.1. The molecule has 1 amide bonds. The van der Waals surface area contributed by atoms with Crippen molar-refractivity contribution in [1.82, 2.24) is 14.3 Å². The zero-order valence-electron chi connectivity index (χ0n) is 22.2. The molecule has 226 valence electrons. The standard InChI is InChI=1S/C27H20ClF6N5O4/c1-37-22(20-17(29)9-15(42-2)10-18(20)30)21(36-24(40)13-3-5-14(6-4-13)43-26(31)32)25(41)39(37)23-16(28)7-8-19(35-23)38-11-27(33,34)12-38/h3-10,26H,11-12H2,1-2H3,(H,36,40). The van der Waals surface area contributed by atoms with E-state index in [4.69, 9.17) is 16.3 Å². The highest BCUT2D eigenvalue weighted by Gasteiger charge is 2.44. The summed E-state index contributed by atoms with van der Waals surface area (Å²) in [6.45, 7) is -4.35.